The molecule has 0 N–H and O–H groups in total. The van der Waals surface area contributed by atoms with Crippen LogP contribution in [0.25, 0.3) is 0 Å². The van der Waals surface area contributed by atoms with Gasteiger partial charge in [0.05, 0.1) is 13.5 Å². The lowest BCUT2D eigenvalue weighted by Crippen LogP contribution is -2.52. The van der Waals surface area contributed by atoms with E-state index in [-0.39, 0.29) is 24.0 Å². The second kappa shape index (κ2) is 9.36. The quantitative estimate of drug-likeness (QED) is 0.701. The van der Waals surface area contributed by atoms with Crippen molar-refractivity contribution in [3.05, 3.63) is 46.1 Å². The van der Waals surface area contributed by atoms with Crippen LogP contribution in [0.2, 0.25) is 0 Å². The number of rotatable bonds is 5. The number of ether oxygens (including phenoxy) is 1. The Balaban J connectivity index is 1.31. The molecule has 3 heterocycles. The van der Waals surface area contributed by atoms with E-state index >= 15 is 0 Å². The van der Waals surface area contributed by atoms with Crippen molar-refractivity contribution in [1.82, 2.24) is 24.1 Å². The number of carbonyl (C=O) groups excluding carboxylic acids is 2. The molecular weight excluding hydrogens is 398 g/mol. The third kappa shape index (κ3) is 4.81. The molecule has 9 nitrogen and oxygen atoms in total. The van der Waals surface area contributed by atoms with Crippen molar-refractivity contribution in [2.75, 3.05) is 33.3 Å². The molecule has 31 heavy (non-hydrogen) atoms. The standard InChI is InChI=1S/C22H29N5O4/c1-31-18-7-5-6-17(14-18)15-20(28)24-10-12-25(13-11-24)21(29)16-27-22(30)26-9-4-2-3-8-19(26)23-27/h5-7,14H,2-4,8-13,15-16H2,1H3. The lowest BCUT2D eigenvalue weighted by Gasteiger charge is -2.34. The first-order valence-electron chi connectivity index (χ1n) is 10.9. The first-order valence-corrected chi connectivity index (χ1v) is 10.9. The predicted octanol–water partition coefficient (Wildman–Crippen LogP) is 0.693. The van der Waals surface area contributed by atoms with E-state index in [1.54, 1.807) is 21.5 Å². The Morgan fingerprint density at radius 2 is 1.74 bits per heavy atom. The smallest absolute Gasteiger partial charge is 0.346 e. The van der Waals surface area contributed by atoms with Crippen LogP contribution in [-0.2, 0) is 35.5 Å². The largest absolute Gasteiger partial charge is 0.497 e. The van der Waals surface area contributed by atoms with Crippen molar-refractivity contribution in [3.8, 4) is 5.75 Å². The van der Waals surface area contributed by atoms with Gasteiger partial charge in [-0.3, -0.25) is 14.2 Å². The maximum Gasteiger partial charge on any atom is 0.346 e. The summed E-state index contributed by atoms with van der Waals surface area (Å²) in [6.07, 6.45) is 4.18. The molecule has 166 valence electrons. The van der Waals surface area contributed by atoms with Gasteiger partial charge in [0.1, 0.15) is 18.1 Å². The molecular formula is C22H29N5O4. The summed E-state index contributed by atoms with van der Waals surface area (Å²) < 4.78 is 8.21. The van der Waals surface area contributed by atoms with Gasteiger partial charge in [-0.1, -0.05) is 18.6 Å². The minimum absolute atomic E-state index is 0.0365. The molecule has 0 atom stereocenters. The third-order valence-electron chi connectivity index (χ3n) is 6.04. The van der Waals surface area contributed by atoms with Crippen LogP contribution >= 0.6 is 0 Å². The van der Waals surface area contributed by atoms with Crippen LogP contribution in [-0.4, -0.2) is 69.3 Å². The number of benzene rings is 1. The van der Waals surface area contributed by atoms with Crippen LogP contribution < -0.4 is 10.4 Å². The zero-order chi connectivity index (χ0) is 21.8. The molecule has 2 aliphatic heterocycles. The van der Waals surface area contributed by atoms with Crippen molar-refractivity contribution in [2.45, 2.75) is 45.2 Å². The van der Waals surface area contributed by atoms with Gasteiger partial charge < -0.3 is 14.5 Å². The first-order chi connectivity index (χ1) is 15.0. The predicted molar refractivity (Wildman–Crippen MR) is 114 cm³/mol. The Kier molecular flexibility index (Phi) is 6.39. The number of piperazine rings is 1. The average Bonchev–Trinajstić information content (AvgIpc) is 2.94. The molecule has 1 aromatic carbocycles. The molecule has 2 aromatic rings. The average molecular weight is 428 g/mol. The molecule has 0 unspecified atom stereocenters. The zero-order valence-corrected chi connectivity index (χ0v) is 18.0. The fourth-order valence-corrected chi connectivity index (χ4v) is 4.23. The molecule has 0 spiro atoms. The van der Waals surface area contributed by atoms with E-state index < -0.39 is 0 Å². The Bertz CT molecular complexity index is 1000. The molecule has 0 aliphatic carbocycles. The van der Waals surface area contributed by atoms with Gasteiger partial charge >= 0.3 is 5.69 Å². The highest BCUT2D eigenvalue weighted by Crippen LogP contribution is 2.15. The highest BCUT2D eigenvalue weighted by Gasteiger charge is 2.26. The minimum Gasteiger partial charge on any atom is -0.497 e. The fourth-order valence-electron chi connectivity index (χ4n) is 4.23. The second-order valence-electron chi connectivity index (χ2n) is 8.11. The minimum atomic E-state index is -0.197. The lowest BCUT2D eigenvalue weighted by molar-refractivity contribution is -0.139. The van der Waals surface area contributed by atoms with E-state index in [0.717, 1.165) is 42.8 Å². The Labute approximate surface area is 181 Å². The summed E-state index contributed by atoms with van der Waals surface area (Å²) in [5, 5.41) is 4.39. The van der Waals surface area contributed by atoms with Gasteiger partial charge in [-0.15, -0.1) is 0 Å². The van der Waals surface area contributed by atoms with E-state index in [1.165, 1.54) is 4.68 Å². The second-order valence-corrected chi connectivity index (χ2v) is 8.11. The van der Waals surface area contributed by atoms with Crippen molar-refractivity contribution >= 4 is 11.8 Å². The maximum absolute atomic E-state index is 12.7. The molecule has 2 aliphatic rings. The van der Waals surface area contributed by atoms with Gasteiger partial charge in [0.25, 0.3) is 0 Å². The molecule has 0 saturated carbocycles. The number of carbonyl (C=O) groups is 2. The number of fused-ring (bicyclic) bond motifs is 1. The number of methoxy groups -OCH3 is 1. The van der Waals surface area contributed by atoms with Gasteiger partial charge in [0, 0.05) is 39.1 Å². The molecule has 9 heteroatoms. The van der Waals surface area contributed by atoms with Crippen molar-refractivity contribution < 1.29 is 14.3 Å². The summed E-state index contributed by atoms with van der Waals surface area (Å²) in [6, 6.07) is 7.49. The van der Waals surface area contributed by atoms with Crippen LogP contribution in [0.3, 0.4) is 0 Å². The van der Waals surface area contributed by atoms with Crippen LogP contribution in [0.4, 0.5) is 0 Å². The monoisotopic (exact) mass is 427 g/mol. The Morgan fingerprint density at radius 3 is 2.48 bits per heavy atom. The summed E-state index contributed by atoms with van der Waals surface area (Å²) >= 11 is 0. The highest BCUT2D eigenvalue weighted by atomic mass is 16.5. The summed E-state index contributed by atoms with van der Waals surface area (Å²) in [6.45, 7) is 2.54. The lowest BCUT2D eigenvalue weighted by atomic mass is 10.1. The Morgan fingerprint density at radius 1 is 1.00 bits per heavy atom. The zero-order valence-electron chi connectivity index (χ0n) is 18.0. The SMILES string of the molecule is COc1cccc(CC(=O)N2CCN(C(=O)Cn3nc4n(c3=O)CCCCC4)CC2)c1. The third-order valence-corrected chi connectivity index (χ3v) is 6.04. The Hall–Kier alpha value is -3.10. The number of aromatic nitrogens is 3. The van der Waals surface area contributed by atoms with Gasteiger partial charge in [0.2, 0.25) is 11.8 Å². The molecule has 1 fully saturated rings. The van der Waals surface area contributed by atoms with E-state index in [4.69, 9.17) is 4.74 Å². The number of hydrogen-bond acceptors (Lipinski definition) is 5. The van der Waals surface area contributed by atoms with E-state index in [1.807, 2.05) is 24.3 Å². The van der Waals surface area contributed by atoms with E-state index in [2.05, 4.69) is 5.10 Å². The van der Waals surface area contributed by atoms with Gasteiger partial charge in [-0.25, -0.2) is 9.48 Å². The van der Waals surface area contributed by atoms with Gasteiger partial charge in [-0.2, -0.15) is 5.10 Å². The fraction of sp³-hybridized carbons (Fsp3) is 0.545. The number of amides is 2. The van der Waals surface area contributed by atoms with Crippen molar-refractivity contribution in [3.63, 3.8) is 0 Å². The van der Waals surface area contributed by atoms with Crippen LogP contribution in [0.5, 0.6) is 5.75 Å². The van der Waals surface area contributed by atoms with Crippen LogP contribution in [0.15, 0.2) is 29.1 Å². The summed E-state index contributed by atoms with van der Waals surface area (Å²) in [4.78, 5) is 41.5. The number of nitrogens with zero attached hydrogens (tertiary/aromatic N) is 5. The molecule has 1 aromatic heterocycles. The molecule has 1 saturated heterocycles. The normalized spacial score (nSPS) is 16.5. The topological polar surface area (TPSA) is 89.7 Å². The molecule has 4 rings (SSSR count). The summed E-state index contributed by atoms with van der Waals surface area (Å²) in [5.41, 5.74) is 0.708. The van der Waals surface area contributed by atoms with Crippen molar-refractivity contribution in [2.24, 2.45) is 0 Å². The van der Waals surface area contributed by atoms with Gasteiger partial charge in [-0.05, 0) is 30.5 Å². The van der Waals surface area contributed by atoms with Crippen LogP contribution in [0.1, 0.15) is 30.7 Å². The molecule has 0 bridgehead atoms. The number of aryl methyl sites for hydroxylation is 1. The molecule has 0 radical (unpaired) electrons. The number of hydrogen-bond donors (Lipinski definition) is 0. The molecule has 2 amide bonds. The first kappa shape index (κ1) is 21.1. The van der Waals surface area contributed by atoms with Gasteiger partial charge in [0.15, 0.2) is 0 Å². The summed E-state index contributed by atoms with van der Waals surface area (Å²) in [7, 11) is 1.60. The highest BCUT2D eigenvalue weighted by molar-refractivity contribution is 5.80. The summed E-state index contributed by atoms with van der Waals surface area (Å²) in [5.74, 6) is 1.42. The maximum atomic E-state index is 12.7. The van der Waals surface area contributed by atoms with Crippen molar-refractivity contribution in [1.29, 1.82) is 0 Å². The van der Waals surface area contributed by atoms with Crippen LogP contribution in [0, 0.1) is 0 Å². The van der Waals surface area contributed by atoms with E-state index in [9.17, 15) is 14.4 Å². The van der Waals surface area contributed by atoms with E-state index in [0.29, 0.717) is 39.1 Å².